The summed E-state index contributed by atoms with van der Waals surface area (Å²) < 4.78 is 29.5. The Balaban J connectivity index is 1.87. The molecule has 214 valence electrons. The van der Waals surface area contributed by atoms with Crippen LogP contribution in [0.2, 0.25) is 0 Å². The van der Waals surface area contributed by atoms with Crippen molar-refractivity contribution in [2.24, 2.45) is 11.8 Å². The molecule has 3 rings (SSSR count). The average molecular weight is 535 g/mol. The highest BCUT2D eigenvalue weighted by atomic mass is 16.8. The third-order valence-corrected chi connectivity index (χ3v) is 7.04. The zero-order chi connectivity index (χ0) is 27.9. The number of esters is 1. The topological polar surface area (TPSA) is 95.6 Å². The van der Waals surface area contributed by atoms with Gasteiger partial charge in [-0.25, -0.2) is 4.79 Å². The summed E-state index contributed by atoms with van der Waals surface area (Å²) in [7, 11) is 1.59. The third-order valence-electron chi connectivity index (χ3n) is 7.04. The molecule has 2 heterocycles. The molecule has 9 nitrogen and oxygen atoms in total. The van der Waals surface area contributed by atoms with E-state index in [1.165, 1.54) is 0 Å². The highest BCUT2D eigenvalue weighted by Crippen LogP contribution is 2.41. The predicted octanol–water partition coefficient (Wildman–Crippen LogP) is 4.48. The zero-order valence-electron chi connectivity index (χ0n) is 24.0. The van der Waals surface area contributed by atoms with Crippen LogP contribution < -0.4 is 5.32 Å². The minimum atomic E-state index is -0.813. The van der Waals surface area contributed by atoms with Crippen molar-refractivity contribution >= 4 is 12.0 Å². The molecule has 6 atom stereocenters. The summed E-state index contributed by atoms with van der Waals surface area (Å²) in [6, 6.07) is 8.83. The number of hydrogen-bond acceptors (Lipinski definition) is 7. The number of carbonyl (C=O) groups excluding carboxylic acids is 2. The van der Waals surface area contributed by atoms with Gasteiger partial charge in [0.25, 0.3) is 0 Å². The van der Waals surface area contributed by atoms with Crippen LogP contribution in [0, 0.1) is 11.8 Å². The maximum Gasteiger partial charge on any atom is 0.318 e. The summed E-state index contributed by atoms with van der Waals surface area (Å²) in [6.45, 7) is 13.1. The molecule has 2 fully saturated rings. The smallest absolute Gasteiger partial charge is 0.318 e. The van der Waals surface area contributed by atoms with E-state index in [2.05, 4.69) is 26.1 Å². The summed E-state index contributed by atoms with van der Waals surface area (Å²) in [5, 5.41) is 3.05. The van der Waals surface area contributed by atoms with Crippen molar-refractivity contribution in [3.05, 3.63) is 35.9 Å². The second-order valence-corrected chi connectivity index (χ2v) is 11.2. The molecule has 2 aliphatic rings. The molecule has 0 spiro atoms. The van der Waals surface area contributed by atoms with Crippen LogP contribution in [0.4, 0.5) is 4.79 Å². The van der Waals surface area contributed by atoms with Crippen LogP contribution in [0.3, 0.4) is 0 Å². The molecule has 0 aliphatic carbocycles. The highest BCUT2D eigenvalue weighted by Gasteiger charge is 2.58. The molecule has 9 heteroatoms. The molecule has 1 aromatic carbocycles. The molecule has 1 aromatic rings. The summed E-state index contributed by atoms with van der Waals surface area (Å²) >= 11 is 0. The second-order valence-electron chi connectivity index (χ2n) is 11.2. The number of rotatable bonds is 13. The zero-order valence-corrected chi connectivity index (χ0v) is 24.0. The Morgan fingerprint density at radius 2 is 1.84 bits per heavy atom. The number of methoxy groups -OCH3 is 1. The number of hydrogen-bond donors (Lipinski definition) is 1. The van der Waals surface area contributed by atoms with E-state index in [-0.39, 0.29) is 19.1 Å². The van der Waals surface area contributed by atoms with Crippen LogP contribution in [0.5, 0.6) is 0 Å². The first kappa shape index (κ1) is 30.3. The number of carbonyl (C=O) groups is 2. The van der Waals surface area contributed by atoms with E-state index in [1.54, 1.807) is 18.9 Å². The Kier molecular flexibility index (Phi) is 11.0. The predicted molar refractivity (Wildman–Crippen MR) is 143 cm³/mol. The van der Waals surface area contributed by atoms with Crippen LogP contribution in [0.25, 0.3) is 0 Å². The molecule has 0 saturated carbocycles. The largest absolute Gasteiger partial charge is 0.466 e. The molecule has 2 aliphatic heterocycles. The minimum Gasteiger partial charge on any atom is -0.466 e. The van der Waals surface area contributed by atoms with Gasteiger partial charge >= 0.3 is 12.0 Å². The molecule has 0 radical (unpaired) electrons. The molecule has 1 N–H and O–H groups in total. The van der Waals surface area contributed by atoms with Gasteiger partial charge in [-0.15, -0.1) is 0 Å². The van der Waals surface area contributed by atoms with E-state index in [0.717, 1.165) is 18.4 Å². The van der Waals surface area contributed by atoms with Gasteiger partial charge in [0.15, 0.2) is 12.1 Å². The van der Waals surface area contributed by atoms with E-state index in [4.69, 9.17) is 23.7 Å². The Morgan fingerprint density at radius 1 is 1.13 bits per heavy atom. The van der Waals surface area contributed by atoms with E-state index >= 15 is 0 Å². The second kappa shape index (κ2) is 13.7. The fourth-order valence-corrected chi connectivity index (χ4v) is 5.45. The normalized spacial score (nSPS) is 25.6. The number of nitrogens with zero attached hydrogens (tertiary/aromatic N) is 1. The lowest BCUT2D eigenvalue weighted by molar-refractivity contribution is -0.223. The lowest BCUT2D eigenvalue weighted by Crippen LogP contribution is -2.56. The fraction of sp³-hybridized carbons (Fsp3) is 0.724. The van der Waals surface area contributed by atoms with Gasteiger partial charge in [0.1, 0.15) is 18.3 Å². The highest BCUT2D eigenvalue weighted by molar-refractivity contribution is 5.76. The Morgan fingerprint density at radius 3 is 2.47 bits per heavy atom. The number of fused-ring (bicyclic) bond motifs is 1. The standard InChI is InChI=1S/C29H46N2O7/c1-8-35-23(32)17-22(24-25(34-7)26-27(36-24)38-29(5,6)37-26)31(15-14-20(4)16-19(2)3)28(33)30-18-21-12-10-9-11-13-21/h9-13,19-20,22,24-27H,8,14-18H2,1-7H3,(H,30,33)/t20?,22?,24-,25+,26-,27-/m1/s1. The lowest BCUT2D eigenvalue weighted by atomic mass is 9.94. The molecule has 38 heavy (non-hydrogen) atoms. The van der Waals surface area contributed by atoms with Crippen LogP contribution in [0.15, 0.2) is 30.3 Å². The van der Waals surface area contributed by atoms with Crippen molar-refractivity contribution in [2.75, 3.05) is 20.3 Å². The molecular weight excluding hydrogens is 488 g/mol. The van der Waals surface area contributed by atoms with E-state index < -0.39 is 42.4 Å². The summed E-state index contributed by atoms with van der Waals surface area (Å²) in [6.07, 6.45) is -0.495. The van der Waals surface area contributed by atoms with Gasteiger partial charge in [-0.2, -0.15) is 0 Å². The van der Waals surface area contributed by atoms with Gasteiger partial charge in [-0.05, 0) is 51.0 Å². The number of amides is 2. The Bertz CT molecular complexity index is 894. The van der Waals surface area contributed by atoms with Crippen molar-refractivity contribution in [3.8, 4) is 0 Å². The van der Waals surface area contributed by atoms with Gasteiger partial charge < -0.3 is 33.9 Å². The number of ether oxygens (including phenoxy) is 5. The molecule has 0 aromatic heterocycles. The van der Waals surface area contributed by atoms with E-state index in [9.17, 15) is 9.59 Å². The van der Waals surface area contributed by atoms with Crippen molar-refractivity contribution < 1.29 is 33.3 Å². The van der Waals surface area contributed by atoms with Crippen molar-refractivity contribution in [1.29, 1.82) is 0 Å². The summed E-state index contributed by atoms with van der Waals surface area (Å²) in [4.78, 5) is 28.3. The lowest BCUT2D eigenvalue weighted by Gasteiger charge is -2.38. The van der Waals surface area contributed by atoms with E-state index in [0.29, 0.717) is 24.9 Å². The monoisotopic (exact) mass is 534 g/mol. The maximum absolute atomic E-state index is 13.7. The number of nitrogens with one attached hydrogen (secondary N) is 1. The Labute approximate surface area is 227 Å². The Hall–Kier alpha value is -2.20. The minimum absolute atomic E-state index is 0.0292. The first-order valence-corrected chi connectivity index (χ1v) is 13.8. The average Bonchev–Trinajstić information content (AvgIpc) is 3.33. The van der Waals surface area contributed by atoms with Gasteiger partial charge in [-0.1, -0.05) is 51.1 Å². The molecule has 2 amide bonds. The van der Waals surface area contributed by atoms with Gasteiger partial charge in [0, 0.05) is 20.2 Å². The van der Waals surface area contributed by atoms with Crippen LogP contribution in [0.1, 0.15) is 66.4 Å². The fourth-order valence-electron chi connectivity index (χ4n) is 5.45. The van der Waals surface area contributed by atoms with Crippen molar-refractivity contribution in [1.82, 2.24) is 10.2 Å². The van der Waals surface area contributed by atoms with Gasteiger partial charge in [0.2, 0.25) is 0 Å². The van der Waals surface area contributed by atoms with Crippen LogP contribution in [-0.4, -0.2) is 73.6 Å². The van der Waals surface area contributed by atoms with Crippen LogP contribution >= 0.6 is 0 Å². The summed E-state index contributed by atoms with van der Waals surface area (Å²) in [5.74, 6) is -0.260. The quantitative estimate of drug-likeness (QED) is 0.373. The molecule has 0 bridgehead atoms. The van der Waals surface area contributed by atoms with Gasteiger partial charge in [-0.3, -0.25) is 4.79 Å². The maximum atomic E-state index is 13.7. The molecular formula is C29H46N2O7. The van der Waals surface area contributed by atoms with Gasteiger partial charge in [0.05, 0.1) is 19.1 Å². The number of urea groups is 1. The summed E-state index contributed by atoms with van der Waals surface area (Å²) in [5.41, 5.74) is 0.987. The molecule has 2 unspecified atom stereocenters. The molecule has 2 saturated heterocycles. The SMILES string of the molecule is CCOC(=O)CC([C@H]1O[C@@H]2OC(C)(C)O[C@@H]2[C@H]1OC)N(CCC(C)CC(C)C)C(=O)NCc1ccccc1. The van der Waals surface area contributed by atoms with Crippen LogP contribution in [-0.2, 0) is 35.0 Å². The van der Waals surface area contributed by atoms with E-state index in [1.807, 2.05) is 44.2 Å². The first-order chi connectivity index (χ1) is 18.0. The number of benzene rings is 1. The van der Waals surface area contributed by atoms with Crippen molar-refractivity contribution in [3.63, 3.8) is 0 Å². The van der Waals surface area contributed by atoms with Crippen molar-refractivity contribution in [2.45, 2.75) is 104 Å². The third kappa shape index (κ3) is 8.15. The first-order valence-electron chi connectivity index (χ1n) is 13.8.